The molecule has 1 aromatic rings. The normalized spacial score (nSPS) is 24.3. The molecule has 0 saturated heterocycles. The van der Waals surface area contributed by atoms with Gasteiger partial charge in [0.1, 0.15) is 0 Å². The van der Waals surface area contributed by atoms with Gasteiger partial charge in [-0.2, -0.15) is 0 Å². The fourth-order valence-corrected chi connectivity index (χ4v) is 3.36. The Morgan fingerprint density at radius 2 is 1.81 bits per heavy atom. The van der Waals surface area contributed by atoms with Crippen LogP contribution in [0.3, 0.4) is 0 Å². The van der Waals surface area contributed by atoms with Gasteiger partial charge >= 0.3 is 5.97 Å². The standard InChI is InChI=1S/C16H17NO4/c1-21-16(20)11-8-4-5-10(11)9-17-14(18)12-6-2-3-7-13(12)15(17)19/h2-3,6-7,10-11H,4-5,8-9H2,1H3. The van der Waals surface area contributed by atoms with Crippen molar-refractivity contribution in [3.05, 3.63) is 35.4 Å². The van der Waals surface area contributed by atoms with Gasteiger partial charge in [-0.05, 0) is 30.9 Å². The summed E-state index contributed by atoms with van der Waals surface area (Å²) < 4.78 is 4.82. The van der Waals surface area contributed by atoms with Crippen molar-refractivity contribution in [2.24, 2.45) is 11.8 Å². The number of amides is 2. The number of benzene rings is 1. The lowest BCUT2D eigenvalue weighted by molar-refractivity contribution is -0.146. The van der Waals surface area contributed by atoms with Gasteiger partial charge in [-0.25, -0.2) is 0 Å². The van der Waals surface area contributed by atoms with Crippen molar-refractivity contribution in [3.8, 4) is 0 Å². The first-order valence-corrected chi connectivity index (χ1v) is 7.16. The maximum Gasteiger partial charge on any atom is 0.309 e. The molecule has 110 valence electrons. The second-order valence-electron chi connectivity index (χ2n) is 5.59. The van der Waals surface area contributed by atoms with E-state index in [2.05, 4.69) is 0 Å². The maximum absolute atomic E-state index is 12.3. The smallest absolute Gasteiger partial charge is 0.309 e. The van der Waals surface area contributed by atoms with Gasteiger partial charge < -0.3 is 4.74 Å². The van der Waals surface area contributed by atoms with Gasteiger partial charge in [0.05, 0.1) is 24.2 Å². The number of nitrogens with zero attached hydrogens (tertiary/aromatic N) is 1. The molecule has 0 N–H and O–H groups in total. The van der Waals surface area contributed by atoms with Gasteiger partial charge in [0.2, 0.25) is 0 Å². The van der Waals surface area contributed by atoms with Crippen LogP contribution in [0.25, 0.3) is 0 Å². The van der Waals surface area contributed by atoms with Crippen LogP contribution in [0.4, 0.5) is 0 Å². The zero-order valence-electron chi connectivity index (χ0n) is 11.9. The number of rotatable bonds is 3. The topological polar surface area (TPSA) is 63.7 Å². The van der Waals surface area contributed by atoms with Crippen molar-refractivity contribution in [1.29, 1.82) is 0 Å². The molecular formula is C16H17NO4. The summed E-state index contributed by atoms with van der Waals surface area (Å²) >= 11 is 0. The molecule has 5 heteroatoms. The van der Waals surface area contributed by atoms with Gasteiger partial charge in [0.15, 0.2) is 0 Å². The first kappa shape index (κ1) is 13.8. The lowest BCUT2D eigenvalue weighted by atomic mass is 9.95. The molecule has 1 aromatic carbocycles. The predicted molar refractivity (Wildman–Crippen MR) is 74.7 cm³/mol. The van der Waals surface area contributed by atoms with E-state index in [1.807, 2.05) is 0 Å². The van der Waals surface area contributed by atoms with Gasteiger partial charge in [-0.3, -0.25) is 19.3 Å². The monoisotopic (exact) mass is 287 g/mol. The van der Waals surface area contributed by atoms with Crippen molar-refractivity contribution >= 4 is 17.8 Å². The zero-order valence-corrected chi connectivity index (χ0v) is 11.9. The minimum absolute atomic E-state index is 0.000313. The Labute approximate surface area is 122 Å². The number of ether oxygens (including phenoxy) is 1. The van der Waals surface area contributed by atoms with Gasteiger partial charge in [0, 0.05) is 6.54 Å². The van der Waals surface area contributed by atoms with Crippen LogP contribution in [0.2, 0.25) is 0 Å². The van der Waals surface area contributed by atoms with Crippen LogP contribution < -0.4 is 0 Å². The Morgan fingerprint density at radius 1 is 1.19 bits per heavy atom. The fraction of sp³-hybridized carbons (Fsp3) is 0.438. The second-order valence-corrected chi connectivity index (χ2v) is 5.59. The summed E-state index contributed by atoms with van der Waals surface area (Å²) in [4.78, 5) is 37.7. The molecule has 1 heterocycles. The van der Waals surface area contributed by atoms with E-state index in [1.165, 1.54) is 12.0 Å². The molecule has 3 rings (SSSR count). The number of imide groups is 1. The van der Waals surface area contributed by atoms with E-state index in [0.717, 1.165) is 19.3 Å². The van der Waals surface area contributed by atoms with Crippen molar-refractivity contribution in [2.75, 3.05) is 13.7 Å². The number of esters is 1. The van der Waals surface area contributed by atoms with E-state index in [4.69, 9.17) is 4.74 Å². The summed E-state index contributed by atoms with van der Waals surface area (Å²) in [6.07, 6.45) is 2.53. The molecule has 0 spiro atoms. The van der Waals surface area contributed by atoms with Crippen molar-refractivity contribution in [3.63, 3.8) is 0 Å². The average molecular weight is 287 g/mol. The summed E-state index contributed by atoms with van der Waals surface area (Å²) in [5.41, 5.74) is 0.908. The summed E-state index contributed by atoms with van der Waals surface area (Å²) in [5.74, 6) is -0.967. The molecule has 1 saturated carbocycles. The van der Waals surface area contributed by atoms with Crippen LogP contribution in [0.5, 0.6) is 0 Å². The quantitative estimate of drug-likeness (QED) is 0.629. The third-order valence-electron chi connectivity index (χ3n) is 4.46. The predicted octanol–water partition coefficient (Wildman–Crippen LogP) is 1.87. The van der Waals surface area contributed by atoms with Crippen molar-refractivity contribution in [2.45, 2.75) is 19.3 Å². The van der Waals surface area contributed by atoms with Crippen LogP contribution in [-0.2, 0) is 9.53 Å². The first-order chi connectivity index (χ1) is 10.1. The molecule has 2 unspecified atom stereocenters. The Bertz CT molecular complexity index is 575. The van der Waals surface area contributed by atoms with Gasteiger partial charge in [-0.15, -0.1) is 0 Å². The van der Waals surface area contributed by atoms with Gasteiger partial charge in [-0.1, -0.05) is 18.6 Å². The van der Waals surface area contributed by atoms with Gasteiger partial charge in [0.25, 0.3) is 11.8 Å². The number of methoxy groups -OCH3 is 1. The lowest BCUT2D eigenvalue weighted by Crippen LogP contribution is -2.37. The molecule has 1 fully saturated rings. The van der Waals surface area contributed by atoms with Crippen LogP contribution in [0.15, 0.2) is 24.3 Å². The van der Waals surface area contributed by atoms with E-state index >= 15 is 0 Å². The molecule has 2 amide bonds. The van der Waals surface area contributed by atoms with E-state index in [9.17, 15) is 14.4 Å². The molecule has 0 bridgehead atoms. The minimum Gasteiger partial charge on any atom is -0.469 e. The highest BCUT2D eigenvalue weighted by molar-refractivity contribution is 6.21. The van der Waals surface area contributed by atoms with E-state index in [0.29, 0.717) is 17.7 Å². The maximum atomic E-state index is 12.3. The highest BCUT2D eigenvalue weighted by Crippen LogP contribution is 2.35. The number of hydrogen-bond donors (Lipinski definition) is 0. The average Bonchev–Trinajstić information content (AvgIpc) is 3.06. The van der Waals surface area contributed by atoms with E-state index in [-0.39, 0.29) is 29.6 Å². The number of carbonyl (C=O) groups excluding carboxylic acids is 3. The molecule has 1 aliphatic carbocycles. The number of carbonyl (C=O) groups is 3. The first-order valence-electron chi connectivity index (χ1n) is 7.16. The minimum atomic E-state index is -0.258. The Hall–Kier alpha value is -2.17. The molecule has 0 radical (unpaired) electrons. The fourth-order valence-electron chi connectivity index (χ4n) is 3.36. The molecule has 2 aliphatic rings. The van der Waals surface area contributed by atoms with Crippen LogP contribution >= 0.6 is 0 Å². The summed E-state index contributed by atoms with van der Waals surface area (Å²) in [5, 5.41) is 0. The third-order valence-corrected chi connectivity index (χ3v) is 4.46. The number of fused-ring (bicyclic) bond motifs is 1. The zero-order chi connectivity index (χ0) is 15.0. The molecular weight excluding hydrogens is 270 g/mol. The largest absolute Gasteiger partial charge is 0.469 e. The Balaban J connectivity index is 1.79. The van der Waals surface area contributed by atoms with E-state index in [1.54, 1.807) is 24.3 Å². The molecule has 21 heavy (non-hydrogen) atoms. The van der Waals surface area contributed by atoms with Crippen molar-refractivity contribution in [1.82, 2.24) is 4.90 Å². The highest BCUT2D eigenvalue weighted by atomic mass is 16.5. The highest BCUT2D eigenvalue weighted by Gasteiger charge is 2.41. The van der Waals surface area contributed by atoms with Crippen LogP contribution in [-0.4, -0.2) is 36.3 Å². The number of hydrogen-bond acceptors (Lipinski definition) is 4. The van der Waals surface area contributed by atoms with Crippen molar-refractivity contribution < 1.29 is 19.1 Å². The second kappa shape index (κ2) is 5.31. The summed E-state index contributed by atoms with van der Waals surface area (Å²) in [7, 11) is 1.37. The van der Waals surface area contributed by atoms with Crippen LogP contribution in [0, 0.1) is 11.8 Å². The Kier molecular flexibility index (Phi) is 3.49. The Morgan fingerprint density at radius 3 is 2.38 bits per heavy atom. The lowest BCUT2D eigenvalue weighted by Gasteiger charge is -2.22. The molecule has 0 aromatic heterocycles. The summed E-state index contributed by atoms with van der Waals surface area (Å²) in [6, 6.07) is 6.84. The summed E-state index contributed by atoms with van der Waals surface area (Å²) in [6.45, 7) is 0.298. The molecule has 5 nitrogen and oxygen atoms in total. The van der Waals surface area contributed by atoms with E-state index < -0.39 is 0 Å². The molecule has 2 atom stereocenters. The molecule has 1 aliphatic heterocycles. The third kappa shape index (κ3) is 2.22. The SMILES string of the molecule is COC(=O)C1CCCC1CN1C(=O)c2ccccc2C1=O. The van der Waals surface area contributed by atoms with Crippen LogP contribution in [0.1, 0.15) is 40.0 Å².